The van der Waals surface area contributed by atoms with E-state index in [0.717, 1.165) is 0 Å². The Morgan fingerprint density at radius 3 is 2.64 bits per heavy atom. The third-order valence-corrected chi connectivity index (χ3v) is 8.14. The molecule has 0 amide bonds. The summed E-state index contributed by atoms with van der Waals surface area (Å²) in [6.45, 7) is 3.02. The molecule has 1 aliphatic heterocycles. The number of hydrogen-bond acceptors (Lipinski definition) is 14. The molecule has 20 nitrogen and oxygen atoms in total. The van der Waals surface area contributed by atoms with Gasteiger partial charge in [-0.25, -0.2) is 23.6 Å². The molecule has 1 saturated heterocycles. The molecule has 0 radical (unpaired) electrons. The van der Waals surface area contributed by atoms with E-state index in [1.54, 1.807) is 6.08 Å². The molecule has 202 valence electrons. The van der Waals surface area contributed by atoms with Gasteiger partial charge < -0.3 is 29.6 Å². The molecule has 1 aliphatic rings. The smallest absolute Gasteiger partial charge is 0.352 e. The van der Waals surface area contributed by atoms with Gasteiger partial charge in [-0.15, -0.1) is 11.6 Å². The van der Waals surface area contributed by atoms with Gasteiger partial charge in [0.15, 0.2) is 11.2 Å². The van der Waals surface area contributed by atoms with Crippen molar-refractivity contribution in [1.82, 2.24) is 19.5 Å². The number of imidazole rings is 1. The normalized spacial score (nSPS) is 23.9. The van der Waals surface area contributed by atoms with Crippen LogP contribution in [0.2, 0.25) is 0 Å². The van der Waals surface area contributed by atoms with E-state index in [4.69, 9.17) is 25.3 Å². The van der Waals surface area contributed by atoms with Crippen molar-refractivity contribution in [1.29, 1.82) is 0 Å². The summed E-state index contributed by atoms with van der Waals surface area (Å²) in [5.41, 5.74) is -0.464. The van der Waals surface area contributed by atoms with Crippen molar-refractivity contribution in [2.75, 3.05) is 18.5 Å². The first kappa shape index (κ1) is 28.7. The van der Waals surface area contributed by atoms with Crippen molar-refractivity contribution in [2.45, 2.75) is 24.9 Å². The summed E-state index contributed by atoms with van der Waals surface area (Å²) in [6, 6.07) is 0. The highest BCUT2D eigenvalue weighted by Gasteiger charge is 2.44. The monoisotopic (exact) mass is 578 g/mol. The van der Waals surface area contributed by atoms with Gasteiger partial charge in [0.1, 0.15) is 18.4 Å². The van der Waals surface area contributed by atoms with Crippen molar-refractivity contribution in [2.24, 2.45) is 5.90 Å². The number of aromatic amines is 1. The molecule has 0 aromatic carbocycles. The van der Waals surface area contributed by atoms with Crippen molar-refractivity contribution < 1.29 is 61.0 Å². The van der Waals surface area contributed by atoms with Gasteiger partial charge in [0, 0.05) is 13.0 Å². The third-order valence-electron chi connectivity index (χ3n) is 4.33. The molecule has 3 rings (SSSR count). The molecular formula is C13H21N6O14P3. The van der Waals surface area contributed by atoms with Gasteiger partial charge in [-0.2, -0.15) is 19.5 Å². The minimum absolute atomic E-state index is 0.0213. The fourth-order valence-corrected chi connectivity index (χ4v) is 6.08. The maximum absolute atomic E-state index is 12.3. The fraction of sp³-hybridized carbons (Fsp3) is 0.462. The lowest BCUT2D eigenvalue weighted by molar-refractivity contribution is -0.335. The maximum atomic E-state index is 12.3. The van der Waals surface area contributed by atoms with Crippen molar-refractivity contribution >= 4 is 40.6 Å². The number of aromatic nitrogens is 4. The predicted molar refractivity (Wildman–Crippen MR) is 115 cm³/mol. The first-order valence-electron chi connectivity index (χ1n) is 9.51. The van der Waals surface area contributed by atoms with Gasteiger partial charge in [0.25, 0.3) is 5.56 Å². The molecule has 2 aromatic heterocycles. The molecule has 2 aromatic rings. The van der Waals surface area contributed by atoms with E-state index in [-0.39, 0.29) is 23.5 Å². The molecule has 36 heavy (non-hydrogen) atoms. The Bertz CT molecular complexity index is 1290. The maximum Gasteiger partial charge on any atom is 0.490 e. The van der Waals surface area contributed by atoms with Gasteiger partial charge in [0.2, 0.25) is 5.95 Å². The van der Waals surface area contributed by atoms with Crippen LogP contribution in [0.4, 0.5) is 5.95 Å². The van der Waals surface area contributed by atoms with E-state index in [1.165, 1.54) is 10.9 Å². The number of phosphoric ester groups is 1. The highest BCUT2D eigenvalue weighted by molar-refractivity contribution is 7.66. The van der Waals surface area contributed by atoms with E-state index in [2.05, 4.69) is 45.0 Å². The summed E-state index contributed by atoms with van der Waals surface area (Å²) in [5.74, 6) is 5.05. The first-order valence-corrected chi connectivity index (χ1v) is 14.0. The van der Waals surface area contributed by atoms with E-state index in [1.807, 2.05) is 0 Å². The van der Waals surface area contributed by atoms with Crippen LogP contribution in [-0.2, 0) is 41.5 Å². The number of rotatable bonds is 13. The zero-order valence-corrected chi connectivity index (χ0v) is 20.5. The van der Waals surface area contributed by atoms with Crippen molar-refractivity contribution in [3.8, 4) is 0 Å². The molecule has 23 heteroatoms. The molecular weight excluding hydrogens is 557 g/mol. The number of phosphoric acid groups is 3. The summed E-state index contributed by atoms with van der Waals surface area (Å²) >= 11 is 0. The third kappa shape index (κ3) is 7.58. The molecule has 0 aliphatic carbocycles. The lowest BCUT2D eigenvalue weighted by Gasteiger charge is -2.20. The summed E-state index contributed by atoms with van der Waals surface area (Å²) in [5, 5.41) is 2.82. The average Bonchev–Trinajstić information content (AvgIpc) is 3.32. The van der Waals surface area contributed by atoms with Crippen LogP contribution in [0.5, 0.6) is 0 Å². The Morgan fingerprint density at radius 2 is 2.00 bits per heavy atom. The highest BCUT2D eigenvalue weighted by atomic mass is 31.3. The Hall–Kier alpha value is -1.86. The molecule has 0 bridgehead atoms. The fourth-order valence-electron chi connectivity index (χ4n) is 3.05. The van der Waals surface area contributed by atoms with E-state index in [9.17, 15) is 28.3 Å². The summed E-state index contributed by atoms with van der Waals surface area (Å²) in [7, 11) is -16.7. The minimum Gasteiger partial charge on any atom is -0.352 e. The molecule has 3 heterocycles. The molecule has 5 atom stereocenters. The van der Waals surface area contributed by atoms with E-state index >= 15 is 0 Å². The largest absolute Gasteiger partial charge is 0.490 e. The number of nitrogens with one attached hydrogen (secondary N) is 2. The minimum atomic E-state index is -5.70. The second-order valence-electron chi connectivity index (χ2n) is 6.89. The van der Waals surface area contributed by atoms with Crippen molar-refractivity contribution in [3.63, 3.8) is 0 Å². The van der Waals surface area contributed by atoms with Crippen LogP contribution in [0.15, 0.2) is 23.8 Å². The summed E-state index contributed by atoms with van der Waals surface area (Å²) in [6.07, 6.45) is -0.451. The Balaban J connectivity index is 1.76. The van der Waals surface area contributed by atoms with Crippen LogP contribution < -0.4 is 16.8 Å². The average molecular weight is 578 g/mol. The van der Waals surface area contributed by atoms with Crippen LogP contribution in [0.3, 0.4) is 0 Å². The van der Waals surface area contributed by atoms with Gasteiger partial charge >= 0.3 is 23.5 Å². The molecule has 0 spiro atoms. The second-order valence-corrected chi connectivity index (χ2v) is 11.3. The van der Waals surface area contributed by atoms with Gasteiger partial charge in [-0.3, -0.25) is 18.9 Å². The van der Waals surface area contributed by atoms with E-state index < -0.39 is 54.1 Å². The zero-order valence-electron chi connectivity index (χ0n) is 17.8. The van der Waals surface area contributed by atoms with Crippen molar-refractivity contribution in [3.05, 3.63) is 29.3 Å². The van der Waals surface area contributed by atoms with Gasteiger partial charge in [0.05, 0.1) is 12.9 Å². The number of nitrogens with two attached hydrogens (primary N) is 1. The number of anilines is 1. The van der Waals surface area contributed by atoms with Crippen LogP contribution >= 0.6 is 23.5 Å². The second kappa shape index (κ2) is 11.3. The Kier molecular flexibility index (Phi) is 8.98. The highest BCUT2D eigenvalue weighted by Crippen LogP contribution is 2.66. The Labute approximate surface area is 200 Å². The number of H-pyrrole nitrogens is 1. The predicted octanol–water partition coefficient (Wildman–Crippen LogP) is -0.461. The topological polar surface area (TPSA) is 289 Å². The lowest BCUT2D eigenvalue weighted by Crippen LogP contribution is -2.30. The first-order chi connectivity index (χ1) is 16.7. The quantitative estimate of drug-likeness (QED) is 0.0684. The number of nitrogens with zero attached hydrogens (tertiary/aromatic N) is 3. The van der Waals surface area contributed by atoms with Crippen LogP contribution in [0.25, 0.3) is 11.2 Å². The van der Waals surface area contributed by atoms with Gasteiger partial charge in [-0.05, 0) is 0 Å². The lowest BCUT2D eigenvalue weighted by atomic mass is 10.2. The molecule has 0 saturated carbocycles. The zero-order chi connectivity index (χ0) is 26.7. The van der Waals surface area contributed by atoms with Crippen LogP contribution in [-0.4, -0.2) is 64.5 Å². The SMILES string of the molecule is C=CCNc1nc2c(ncn2[C@H]2C[C@H](OON)[C@@H](COP(=O)(O)OP(=O)(O)OP(=O)(O)O)O2)c(=O)[nH]1. The van der Waals surface area contributed by atoms with E-state index in [0.29, 0.717) is 6.54 Å². The Morgan fingerprint density at radius 1 is 1.28 bits per heavy atom. The summed E-state index contributed by atoms with van der Waals surface area (Å²) < 4.78 is 53.1. The molecule has 2 unspecified atom stereocenters. The number of fused-ring (bicyclic) bond motifs is 1. The van der Waals surface area contributed by atoms with Gasteiger partial charge in [-0.1, -0.05) is 6.08 Å². The number of hydrogen-bond donors (Lipinski definition) is 7. The van der Waals surface area contributed by atoms with Crippen LogP contribution in [0.1, 0.15) is 12.6 Å². The standard InChI is InChI=1S/C13H21N6O14P3/c1-2-3-15-13-17-11-10(12(20)18-13)16-6-19(11)9-4-7(30-31-14)8(29-9)5-28-35(24,25)33-36(26,27)32-34(21,22)23/h2,6-9H,1,3-5,14H2,(H,24,25)(H,26,27)(H2,21,22,23)(H2,15,17,18,20)/t7-,8+,9+/m0/s1. The van der Waals surface area contributed by atoms with Crippen LogP contribution in [0, 0.1) is 0 Å². The number of ether oxygens (including phenoxy) is 1. The molecule has 8 N–H and O–H groups in total. The summed E-state index contributed by atoms with van der Waals surface area (Å²) in [4.78, 5) is 68.1. The molecule has 1 fully saturated rings.